The Morgan fingerprint density at radius 3 is 2.61 bits per heavy atom. The van der Waals surface area contributed by atoms with Gasteiger partial charge in [0.1, 0.15) is 5.75 Å². The normalized spacial score (nSPS) is 10.6. The number of benzene rings is 3. The number of anilines is 1. The number of amides is 1. The number of halogens is 1. The summed E-state index contributed by atoms with van der Waals surface area (Å²) >= 11 is 13.0. The highest BCUT2D eigenvalue weighted by Gasteiger charge is 2.11. The van der Waals surface area contributed by atoms with Crippen molar-refractivity contribution in [3.63, 3.8) is 0 Å². The predicted molar refractivity (Wildman–Crippen MR) is 131 cm³/mol. The zero-order valence-corrected chi connectivity index (χ0v) is 18.9. The van der Waals surface area contributed by atoms with Gasteiger partial charge in [-0.05, 0) is 60.2 Å². The molecule has 0 aliphatic heterocycles. The molecule has 5 nitrogen and oxygen atoms in total. The summed E-state index contributed by atoms with van der Waals surface area (Å²) in [5, 5.41) is 7.31. The van der Waals surface area contributed by atoms with E-state index in [-0.39, 0.29) is 11.0 Å². The first-order valence-electron chi connectivity index (χ1n) is 9.41. The molecular weight excluding hydrogens is 450 g/mol. The lowest BCUT2D eigenvalue weighted by Crippen LogP contribution is -2.34. The highest BCUT2D eigenvalue weighted by atomic mass is 35.5. The number of nitrogens with one attached hydrogen (secondary N) is 2. The SMILES string of the molecule is COc1ccc(C(=O)NC(=S)Nc2ccc(Cc3nc4ccccc4s3)cc2)cc1Cl. The molecule has 156 valence electrons. The maximum Gasteiger partial charge on any atom is 0.257 e. The first-order chi connectivity index (χ1) is 15.0. The van der Waals surface area contributed by atoms with Gasteiger partial charge in [0.25, 0.3) is 5.91 Å². The van der Waals surface area contributed by atoms with Crippen LogP contribution in [0.3, 0.4) is 0 Å². The summed E-state index contributed by atoms with van der Waals surface area (Å²) in [6.07, 6.45) is 0.763. The van der Waals surface area contributed by atoms with E-state index in [0.717, 1.165) is 28.2 Å². The van der Waals surface area contributed by atoms with Gasteiger partial charge in [0, 0.05) is 17.7 Å². The molecule has 0 aliphatic carbocycles. The molecule has 3 aromatic carbocycles. The molecule has 0 spiro atoms. The van der Waals surface area contributed by atoms with Crippen LogP contribution in [0.15, 0.2) is 66.7 Å². The molecule has 8 heteroatoms. The first-order valence-corrected chi connectivity index (χ1v) is 11.0. The van der Waals surface area contributed by atoms with Gasteiger partial charge in [0.05, 0.1) is 27.4 Å². The van der Waals surface area contributed by atoms with Crippen LogP contribution in [0.2, 0.25) is 5.02 Å². The monoisotopic (exact) mass is 467 g/mol. The molecular formula is C23H18ClN3O2S2. The van der Waals surface area contributed by atoms with E-state index in [1.54, 1.807) is 23.5 Å². The number of carbonyl (C=O) groups is 1. The summed E-state index contributed by atoms with van der Waals surface area (Å²) in [6.45, 7) is 0. The Kier molecular flexibility index (Phi) is 6.46. The van der Waals surface area contributed by atoms with Gasteiger partial charge in [-0.1, -0.05) is 35.9 Å². The molecule has 0 radical (unpaired) electrons. The molecule has 0 aliphatic rings. The number of para-hydroxylation sites is 1. The maximum absolute atomic E-state index is 12.4. The molecule has 1 heterocycles. The quantitative estimate of drug-likeness (QED) is 0.370. The Balaban J connectivity index is 1.35. The Labute approximate surface area is 194 Å². The summed E-state index contributed by atoms with van der Waals surface area (Å²) in [6, 6.07) is 20.8. The number of hydrogen-bond acceptors (Lipinski definition) is 5. The largest absolute Gasteiger partial charge is 0.495 e. The minimum atomic E-state index is -0.352. The third-order valence-corrected chi connectivity index (χ3v) is 6.08. The summed E-state index contributed by atoms with van der Waals surface area (Å²) in [5.74, 6) is 0.152. The van der Waals surface area contributed by atoms with Gasteiger partial charge >= 0.3 is 0 Å². The van der Waals surface area contributed by atoms with Crippen molar-refractivity contribution in [2.45, 2.75) is 6.42 Å². The van der Waals surface area contributed by atoms with E-state index < -0.39 is 0 Å². The third-order valence-electron chi connectivity index (χ3n) is 4.55. The molecule has 0 bridgehead atoms. The van der Waals surface area contributed by atoms with Crippen molar-refractivity contribution in [2.75, 3.05) is 12.4 Å². The van der Waals surface area contributed by atoms with E-state index in [4.69, 9.17) is 28.6 Å². The Bertz CT molecular complexity index is 1220. The van der Waals surface area contributed by atoms with E-state index in [1.165, 1.54) is 17.9 Å². The van der Waals surface area contributed by atoms with E-state index in [0.29, 0.717) is 16.3 Å². The fourth-order valence-corrected chi connectivity index (χ4v) is 4.49. The van der Waals surface area contributed by atoms with Crippen LogP contribution in [0, 0.1) is 0 Å². The second kappa shape index (κ2) is 9.43. The molecule has 0 unspecified atom stereocenters. The van der Waals surface area contributed by atoms with E-state index in [1.807, 2.05) is 42.5 Å². The summed E-state index contributed by atoms with van der Waals surface area (Å²) < 4.78 is 6.29. The number of thiazole rings is 1. The number of fused-ring (bicyclic) bond motifs is 1. The average Bonchev–Trinajstić information content (AvgIpc) is 3.17. The Morgan fingerprint density at radius 1 is 1.13 bits per heavy atom. The van der Waals surface area contributed by atoms with Crippen LogP contribution in [0.1, 0.15) is 20.9 Å². The Morgan fingerprint density at radius 2 is 1.90 bits per heavy atom. The molecule has 0 saturated carbocycles. The highest BCUT2D eigenvalue weighted by Crippen LogP contribution is 2.25. The number of aromatic nitrogens is 1. The minimum absolute atomic E-state index is 0.205. The van der Waals surface area contributed by atoms with Crippen LogP contribution < -0.4 is 15.4 Å². The number of ether oxygens (including phenoxy) is 1. The molecule has 2 N–H and O–H groups in total. The first kappa shape index (κ1) is 21.2. The van der Waals surface area contributed by atoms with E-state index in [9.17, 15) is 4.79 Å². The Hall–Kier alpha value is -3.00. The number of hydrogen-bond donors (Lipinski definition) is 2. The molecule has 1 aromatic heterocycles. The smallest absolute Gasteiger partial charge is 0.257 e. The lowest BCUT2D eigenvalue weighted by molar-refractivity contribution is 0.0977. The summed E-state index contributed by atoms with van der Waals surface area (Å²) in [4.78, 5) is 17.1. The number of carbonyl (C=O) groups excluding carboxylic acids is 1. The van der Waals surface area contributed by atoms with Crippen LogP contribution in [0.4, 0.5) is 5.69 Å². The lowest BCUT2D eigenvalue weighted by Gasteiger charge is -2.11. The maximum atomic E-state index is 12.4. The van der Waals surface area contributed by atoms with Crippen LogP contribution in [-0.2, 0) is 6.42 Å². The second-order valence-electron chi connectivity index (χ2n) is 6.71. The highest BCUT2D eigenvalue weighted by molar-refractivity contribution is 7.80. The van der Waals surface area contributed by atoms with Crippen molar-refractivity contribution in [3.8, 4) is 5.75 Å². The summed E-state index contributed by atoms with van der Waals surface area (Å²) in [7, 11) is 1.52. The number of nitrogens with zero attached hydrogens (tertiary/aromatic N) is 1. The topological polar surface area (TPSA) is 63.2 Å². The van der Waals surface area contributed by atoms with Gasteiger partial charge in [-0.2, -0.15) is 0 Å². The zero-order valence-electron chi connectivity index (χ0n) is 16.5. The minimum Gasteiger partial charge on any atom is -0.495 e. The van der Waals surface area contributed by atoms with Gasteiger partial charge in [0.2, 0.25) is 0 Å². The number of methoxy groups -OCH3 is 1. The van der Waals surface area contributed by atoms with Crippen molar-refractivity contribution in [1.29, 1.82) is 0 Å². The van der Waals surface area contributed by atoms with Gasteiger partial charge in [-0.15, -0.1) is 11.3 Å². The van der Waals surface area contributed by atoms with Crippen molar-refractivity contribution in [2.24, 2.45) is 0 Å². The molecule has 1 amide bonds. The molecule has 4 rings (SSSR count). The predicted octanol–water partition coefficient (Wildman–Crippen LogP) is 5.68. The lowest BCUT2D eigenvalue weighted by atomic mass is 10.1. The standard InChI is InChI=1S/C23H18ClN3O2S2/c1-29-19-11-8-15(13-17(19)24)22(28)27-23(30)25-16-9-6-14(7-10-16)12-21-26-18-4-2-3-5-20(18)31-21/h2-11,13H,12H2,1H3,(H2,25,27,28,30). The zero-order chi connectivity index (χ0) is 21.8. The van der Waals surface area contributed by atoms with Crippen LogP contribution >= 0.6 is 35.2 Å². The van der Waals surface area contributed by atoms with Gasteiger partial charge < -0.3 is 10.1 Å². The third kappa shape index (κ3) is 5.19. The van der Waals surface area contributed by atoms with Crippen LogP contribution in [0.5, 0.6) is 5.75 Å². The summed E-state index contributed by atoms with van der Waals surface area (Å²) in [5.41, 5.74) is 3.35. The molecule has 31 heavy (non-hydrogen) atoms. The van der Waals surface area contributed by atoms with Crippen LogP contribution in [-0.4, -0.2) is 23.1 Å². The average molecular weight is 468 g/mol. The fraction of sp³-hybridized carbons (Fsp3) is 0.0870. The van der Waals surface area contributed by atoms with Crippen molar-refractivity contribution in [1.82, 2.24) is 10.3 Å². The van der Waals surface area contributed by atoms with Crippen molar-refractivity contribution < 1.29 is 9.53 Å². The van der Waals surface area contributed by atoms with Crippen molar-refractivity contribution in [3.05, 3.63) is 87.9 Å². The van der Waals surface area contributed by atoms with Crippen molar-refractivity contribution >= 4 is 62.1 Å². The molecule has 0 saturated heterocycles. The molecule has 0 fully saturated rings. The second-order valence-corrected chi connectivity index (χ2v) is 8.64. The molecule has 4 aromatic rings. The van der Waals surface area contributed by atoms with Gasteiger partial charge in [-0.3, -0.25) is 10.1 Å². The number of rotatable bonds is 5. The molecule has 0 atom stereocenters. The van der Waals surface area contributed by atoms with E-state index in [2.05, 4.69) is 21.7 Å². The number of thiocarbonyl (C=S) groups is 1. The van der Waals surface area contributed by atoms with Gasteiger partial charge in [-0.25, -0.2) is 4.98 Å². The van der Waals surface area contributed by atoms with Gasteiger partial charge in [0.15, 0.2) is 5.11 Å². The fourth-order valence-electron chi connectivity index (χ4n) is 3.02. The van der Waals surface area contributed by atoms with Crippen LogP contribution in [0.25, 0.3) is 10.2 Å². The van der Waals surface area contributed by atoms with E-state index >= 15 is 0 Å².